The van der Waals surface area contributed by atoms with E-state index < -0.39 is 0 Å². The van der Waals surface area contributed by atoms with Gasteiger partial charge in [-0.3, -0.25) is 4.79 Å². The minimum atomic E-state index is -0.336. The molecule has 4 aromatic rings. The zero-order valence-corrected chi connectivity index (χ0v) is 17.4. The maximum absolute atomic E-state index is 13.1. The van der Waals surface area contributed by atoms with Crippen LogP contribution in [-0.4, -0.2) is 28.6 Å². The monoisotopic (exact) mass is 427 g/mol. The molecule has 0 saturated carbocycles. The van der Waals surface area contributed by atoms with Gasteiger partial charge in [0.2, 0.25) is 0 Å². The number of rotatable bonds is 6. The fourth-order valence-corrected chi connectivity index (χ4v) is 3.21. The summed E-state index contributed by atoms with van der Waals surface area (Å²) in [5.41, 5.74) is 3.96. The minimum absolute atomic E-state index is 0.305. The zero-order chi connectivity index (χ0) is 22.5. The first-order chi connectivity index (χ1) is 15.5. The summed E-state index contributed by atoms with van der Waals surface area (Å²) in [6, 6.07) is 17.8. The van der Waals surface area contributed by atoms with Crippen LogP contribution in [-0.2, 0) is 0 Å². The van der Waals surface area contributed by atoms with E-state index in [1.54, 1.807) is 43.3 Å². The van der Waals surface area contributed by atoms with Crippen molar-refractivity contribution in [3.8, 4) is 11.3 Å². The molecule has 2 aromatic carbocycles. The van der Waals surface area contributed by atoms with Gasteiger partial charge in [-0.05, 0) is 37.3 Å². The number of hydrogen-bond donors (Lipinski definition) is 3. The quantitative estimate of drug-likeness (QED) is 0.385. The Balaban J connectivity index is 1.58. The highest BCUT2D eigenvalue weighted by Crippen LogP contribution is 2.27. The van der Waals surface area contributed by atoms with Crippen LogP contribution in [0.3, 0.4) is 0 Å². The number of aryl methyl sites for hydroxylation is 1. The molecule has 0 aliphatic carbocycles. The lowest BCUT2D eigenvalue weighted by molar-refractivity contribution is 0.102. The lowest BCUT2D eigenvalue weighted by Gasteiger charge is -2.10. The van der Waals surface area contributed by atoms with Gasteiger partial charge in [-0.1, -0.05) is 41.6 Å². The van der Waals surface area contributed by atoms with Crippen LogP contribution < -0.4 is 16.0 Å². The number of amides is 3. The molecular weight excluding hydrogens is 406 g/mol. The van der Waals surface area contributed by atoms with E-state index in [0.717, 1.165) is 5.56 Å². The Morgan fingerprint density at radius 2 is 1.72 bits per heavy atom. The summed E-state index contributed by atoms with van der Waals surface area (Å²) in [7, 11) is 0. The number of aromatic nitrogens is 2. The number of urea groups is 1. The summed E-state index contributed by atoms with van der Waals surface area (Å²) in [6.45, 7) is 5.69. The first-order valence-corrected chi connectivity index (χ1v) is 9.95. The first kappa shape index (κ1) is 20.8. The van der Waals surface area contributed by atoms with Crippen LogP contribution in [0.2, 0.25) is 0 Å². The predicted molar refractivity (Wildman–Crippen MR) is 124 cm³/mol. The average molecular weight is 427 g/mol. The molecule has 0 aliphatic rings. The molecule has 0 atom stereocenters. The fourth-order valence-electron chi connectivity index (χ4n) is 3.21. The third-order valence-corrected chi connectivity index (χ3v) is 4.74. The molecule has 0 bridgehead atoms. The third kappa shape index (κ3) is 4.49. The molecule has 4 rings (SSSR count). The highest BCUT2D eigenvalue weighted by molar-refractivity contribution is 6.13. The number of carbonyl (C=O) groups is 2. The van der Waals surface area contributed by atoms with Gasteiger partial charge >= 0.3 is 6.03 Å². The number of anilines is 2. The van der Waals surface area contributed by atoms with Crippen molar-refractivity contribution in [1.82, 2.24) is 15.5 Å². The zero-order valence-electron chi connectivity index (χ0n) is 17.4. The number of nitrogens with zero attached hydrogens (tertiary/aromatic N) is 2. The van der Waals surface area contributed by atoms with Crippen molar-refractivity contribution in [2.75, 3.05) is 17.2 Å². The Morgan fingerprint density at radius 3 is 2.41 bits per heavy atom. The molecule has 0 aliphatic heterocycles. The van der Waals surface area contributed by atoms with E-state index >= 15 is 0 Å². The van der Waals surface area contributed by atoms with Gasteiger partial charge < -0.3 is 20.5 Å². The second-order valence-electron chi connectivity index (χ2n) is 7.02. The molecule has 3 N–H and O–H groups in total. The van der Waals surface area contributed by atoms with Gasteiger partial charge in [-0.2, -0.15) is 0 Å². The highest BCUT2D eigenvalue weighted by atomic mass is 16.5. The van der Waals surface area contributed by atoms with Crippen LogP contribution in [0.4, 0.5) is 16.2 Å². The van der Waals surface area contributed by atoms with E-state index in [4.69, 9.17) is 4.52 Å². The normalized spacial score (nSPS) is 10.5. The summed E-state index contributed by atoms with van der Waals surface area (Å²) in [6.07, 6.45) is 1.59. The molecule has 32 heavy (non-hydrogen) atoms. The summed E-state index contributed by atoms with van der Waals surface area (Å²) in [5, 5.41) is 12.8. The Bertz CT molecular complexity index is 1280. The van der Waals surface area contributed by atoms with Gasteiger partial charge in [0, 0.05) is 23.5 Å². The number of fused-ring (bicyclic) bond motifs is 1. The second-order valence-corrected chi connectivity index (χ2v) is 7.02. The summed E-state index contributed by atoms with van der Waals surface area (Å²) in [4.78, 5) is 29.4. The van der Waals surface area contributed by atoms with Gasteiger partial charge in [-0.15, -0.1) is 6.58 Å². The topological polar surface area (TPSA) is 109 Å². The molecule has 2 aromatic heterocycles. The van der Waals surface area contributed by atoms with E-state index in [1.165, 1.54) is 0 Å². The molecule has 0 radical (unpaired) electrons. The van der Waals surface area contributed by atoms with Crippen LogP contribution in [0.15, 0.2) is 77.8 Å². The Labute approximate surface area is 184 Å². The number of hydrogen-bond acceptors (Lipinski definition) is 5. The second kappa shape index (κ2) is 9.13. The SMILES string of the molecule is C=CCNC(=O)Nc1ccc(NC(=O)c2cc(-c3ccccc3)nc3onc(C)c23)cc1. The van der Waals surface area contributed by atoms with Crippen LogP contribution in [0, 0.1) is 6.92 Å². The van der Waals surface area contributed by atoms with Crippen molar-refractivity contribution in [2.24, 2.45) is 0 Å². The first-order valence-electron chi connectivity index (χ1n) is 9.95. The molecule has 160 valence electrons. The molecule has 8 nitrogen and oxygen atoms in total. The maximum atomic E-state index is 13.1. The molecular formula is C24H21N5O3. The maximum Gasteiger partial charge on any atom is 0.319 e. The number of nitrogens with one attached hydrogen (secondary N) is 3. The van der Waals surface area contributed by atoms with Gasteiger partial charge in [-0.25, -0.2) is 9.78 Å². The molecule has 2 heterocycles. The molecule has 0 saturated heterocycles. The standard InChI is InChI=1S/C24H21N5O3/c1-3-13-25-24(31)27-18-11-9-17(10-12-18)26-22(30)19-14-20(16-7-5-4-6-8-16)28-23-21(19)15(2)29-32-23/h3-12,14H,1,13H2,2H3,(H,26,30)(H2,25,27,31). The Kier molecular flexibility index (Phi) is 5.94. The van der Waals surface area contributed by atoms with Gasteiger partial charge in [0.1, 0.15) is 0 Å². The van der Waals surface area contributed by atoms with Crippen molar-refractivity contribution >= 4 is 34.4 Å². The molecule has 0 spiro atoms. The minimum Gasteiger partial charge on any atom is -0.335 e. The highest BCUT2D eigenvalue weighted by Gasteiger charge is 2.19. The fraction of sp³-hybridized carbons (Fsp3) is 0.0833. The Hall–Kier alpha value is -4.46. The van der Waals surface area contributed by atoms with Crippen molar-refractivity contribution in [1.29, 1.82) is 0 Å². The van der Waals surface area contributed by atoms with E-state index in [1.807, 2.05) is 30.3 Å². The van der Waals surface area contributed by atoms with Crippen molar-refractivity contribution in [3.05, 3.63) is 84.6 Å². The smallest absolute Gasteiger partial charge is 0.319 e. The van der Waals surface area contributed by atoms with Crippen LogP contribution in [0.5, 0.6) is 0 Å². The van der Waals surface area contributed by atoms with E-state index in [-0.39, 0.29) is 11.9 Å². The van der Waals surface area contributed by atoms with Gasteiger partial charge in [0.25, 0.3) is 11.6 Å². The molecule has 0 unspecified atom stereocenters. The van der Waals surface area contributed by atoms with Crippen LogP contribution >= 0.6 is 0 Å². The van der Waals surface area contributed by atoms with Crippen LogP contribution in [0.1, 0.15) is 16.1 Å². The van der Waals surface area contributed by atoms with Gasteiger partial charge in [0.15, 0.2) is 0 Å². The predicted octanol–water partition coefficient (Wildman–Crippen LogP) is 4.76. The van der Waals surface area contributed by atoms with Crippen molar-refractivity contribution in [3.63, 3.8) is 0 Å². The average Bonchev–Trinajstić information content (AvgIpc) is 3.19. The number of benzene rings is 2. The van der Waals surface area contributed by atoms with E-state index in [0.29, 0.717) is 46.0 Å². The third-order valence-electron chi connectivity index (χ3n) is 4.74. The van der Waals surface area contributed by atoms with Crippen LogP contribution in [0.25, 0.3) is 22.4 Å². The molecule has 0 fully saturated rings. The summed E-state index contributed by atoms with van der Waals surface area (Å²) in [5.74, 6) is -0.315. The number of pyridine rings is 1. The summed E-state index contributed by atoms with van der Waals surface area (Å²) < 4.78 is 5.34. The largest absolute Gasteiger partial charge is 0.335 e. The lowest BCUT2D eigenvalue weighted by Crippen LogP contribution is -2.28. The van der Waals surface area contributed by atoms with Crippen molar-refractivity contribution in [2.45, 2.75) is 6.92 Å². The van der Waals surface area contributed by atoms with Crippen molar-refractivity contribution < 1.29 is 14.1 Å². The molecule has 8 heteroatoms. The summed E-state index contributed by atoms with van der Waals surface area (Å²) >= 11 is 0. The lowest BCUT2D eigenvalue weighted by atomic mass is 10.0. The van der Waals surface area contributed by atoms with E-state index in [2.05, 4.69) is 32.7 Å². The van der Waals surface area contributed by atoms with E-state index in [9.17, 15) is 9.59 Å². The Morgan fingerprint density at radius 1 is 1.03 bits per heavy atom. The molecule has 3 amide bonds. The number of carbonyl (C=O) groups excluding carboxylic acids is 2. The van der Waals surface area contributed by atoms with Gasteiger partial charge in [0.05, 0.1) is 22.3 Å².